The van der Waals surface area contributed by atoms with Crippen LogP contribution < -0.4 is 16.2 Å². The van der Waals surface area contributed by atoms with Crippen LogP contribution >= 0.6 is 11.8 Å². The molecule has 0 saturated heterocycles. The van der Waals surface area contributed by atoms with Crippen LogP contribution in [0.1, 0.15) is 5.56 Å². The highest BCUT2D eigenvalue weighted by atomic mass is 32.2. The van der Waals surface area contributed by atoms with E-state index in [9.17, 15) is 14.4 Å². The highest BCUT2D eigenvalue weighted by molar-refractivity contribution is 8.00. The Morgan fingerprint density at radius 1 is 1.00 bits per heavy atom. The molecular weight excluding hydrogens is 364 g/mol. The van der Waals surface area contributed by atoms with Crippen LogP contribution in [0.25, 0.3) is 10.9 Å². The van der Waals surface area contributed by atoms with Gasteiger partial charge in [-0.05, 0) is 37.3 Å². The molecule has 0 saturated carbocycles. The SMILES string of the molecule is Cc1ccc(NC(=O)CSCC(=O)Nc2ccc3nc[nH]c(=O)c3c2)cc1. The van der Waals surface area contributed by atoms with Gasteiger partial charge in [0.25, 0.3) is 5.56 Å². The van der Waals surface area contributed by atoms with Gasteiger partial charge < -0.3 is 15.6 Å². The molecule has 138 valence electrons. The number of anilines is 2. The van der Waals surface area contributed by atoms with Crippen LogP contribution in [0.15, 0.2) is 53.6 Å². The Labute approximate surface area is 159 Å². The third-order valence-electron chi connectivity index (χ3n) is 3.73. The van der Waals surface area contributed by atoms with Crippen LogP contribution in [0.2, 0.25) is 0 Å². The molecule has 0 aliphatic rings. The standard InChI is InChI=1S/C19H18N4O3S/c1-12-2-4-13(5-3-12)22-17(24)9-27-10-18(25)23-14-6-7-16-15(8-14)19(26)21-11-20-16/h2-8,11H,9-10H2,1H3,(H,22,24)(H,23,25)(H,20,21,26). The number of hydrogen-bond acceptors (Lipinski definition) is 5. The summed E-state index contributed by atoms with van der Waals surface area (Å²) < 4.78 is 0. The van der Waals surface area contributed by atoms with Gasteiger partial charge in [0, 0.05) is 11.4 Å². The number of aromatic amines is 1. The van der Waals surface area contributed by atoms with Crippen molar-refractivity contribution >= 4 is 45.9 Å². The molecule has 3 aromatic rings. The summed E-state index contributed by atoms with van der Waals surface area (Å²) in [5.74, 6) is -0.117. The fourth-order valence-corrected chi connectivity index (χ4v) is 3.03. The summed E-state index contributed by atoms with van der Waals surface area (Å²) in [5, 5.41) is 5.90. The Bertz CT molecular complexity index is 1030. The Morgan fingerprint density at radius 3 is 2.33 bits per heavy atom. The zero-order valence-electron chi connectivity index (χ0n) is 14.6. The predicted molar refractivity (Wildman–Crippen MR) is 108 cm³/mol. The number of H-pyrrole nitrogens is 1. The van der Waals surface area contributed by atoms with Gasteiger partial charge >= 0.3 is 0 Å². The molecule has 3 N–H and O–H groups in total. The minimum atomic E-state index is -0.266. The second kappa shape index (κ2) is 8.50. The molecule has 3 rings (SSSR count). The second-order valence-electron chi connectivity index (χ2n) is 5.92. The van der Waals surface area contributed by atoms with Crippen LogP contribution in [-0.2, 0) is 9.59 Å². The van der Waals surface area contributed by atoms with Gasteiger partial charge in [-0.2, -0.15) is 0 Å². The van der Waals surface area contributed by atoms with E-state index in [-0.39, 0.29) is 28.9 Å². The maximum Gasteiger partial charge on any atom is 0.258 e. The summed E-state index contributed by atoms with van der Waals surface area (Å²) in [6, 6.07) is 12.4. The lowest BCUT2D eigenvalue weighted by Gasteiger charge is -2.07. The molecule has 27 heavy (non-hydrogen) atoms. The topological polar surface area (TPSA) is 104 Å². The quantitative estimate of drug-likeness (QED) is 0.608. The van der Waals surface area contributed by atoms with Gasteiger partial charge in [0.2, 0.25) is 11.8 Å². The molecule has 0 radical (unpaired) electrons. The summed E-state index contributed by atoms with van der Waals surface area (Å²) in [4.78, 5) is 42.3. The molecule has 8 heteroatoms. The normalized spacial score (nSPS) is 10.6. The van der Waals surface area contributed by atoms with E-state index < -0.39 is 0 Å². The number of aryl methyl sites for hydroxylation is 1. The average Bonchev–Trinajstić information content (AvgIpc) is 2.64. The Morgan fingerprint density at radius 2 is 1.63 bits per heavy atom. The lowest BCUT2D eigenvalue weighted by Crippen LogP contribution is -2.18. The van der Waals surface area contributed by atoms with Crippen LogP contribution in [0.4, 0.5) is 11.4 Å². The van der Waals surface area contributed by atoms with Gasteiger partial charge in [-0.3, -0.25) is 14.4 Å². The highest BCUT2D eigenvalue weighted by Gasteiger charge is 2.08. The number of benzene rings is 2. The van der Waals surface area contributed by atoms with Crippen molar-refractivity contribution in [2.24, 2.45) is 0 Å². The van der Waals surface area contributed by atoms with Gasteiger partial charge in [0.15, 0.2) is 0 Å². The van der Waals surface area contributed by atoms with Crippen LogP contribution in [0.5, 0.6) is 0 Å². The van der Waals surface area contributed by atoms with Crippen LogP contribution in [0.3, 0.4) is 0 Å². The molecule has 2 aromatic carbocycles. The van der Waals surface area contributed by atoms with E-state index in [4.69, 9.17) is 0 Å². The van der Waals surface area contributed by atoms with Crippen molar-refractivity contribution in [3.63, 3.8) is 0 Å². The monoisotopic (exact) mass is 382 g/mol. The van der Waals surface area contributed by atoms with E-state index in [0.29, 0.717) is 16.6 Å². The summed E-state index contributed by atoms with van der Waals surface area (Å²) in [5.41, 5.74) is 2.64. The number of rotatable bonds is 6. The molecule has 2 amide bonds. The molecule has 1 aromatic heterocycles. The van der Waals surface area contributed by atoms with Crippen molar-refractivity contribution in [1.82, 2.24) is 9.97 Å². The Kier molecular flexibility index (Phi) is 5.87. The van der Waals surface area contributed by atoms with Crippen molar-refractivity contribution in [3.05, 3.63) is 64.7 Å². The third-order valence-corrected chi connectivity index (χ3v) is 4.66. The molecule has 0 atom stereocenters. The molecular formula is C19H18N4O3S. The number of carbonyl (C=O) groups excluding carboxylic acids is 2. The maximum absolute atomic E-state index is 12.0. The Hall–Kier alpha value is -3.13. The van der Waals surface area contributed by atoms with Crippen molar-refractivity contribution in [3.8, 4) is 0 Å². The Balaban J connectivity index is 1.48. The second-order valence-corrected chi connectivity index (χ2v) is 6.90. The van der Waals surface area contributed by atoms with Gasteiger partial charge in [-0.1, -0.05) is 17.7 Å². The van der Waals surface area contributed by atoms with Gasteiger partial charge in [-0.25, -0.2) is 4.98 Å². The number of nitrogens with zero attached hydrogens (tertiary/aromatic N) is 1. The molecule has 1 heterocycles. The molecule has 0 unspecified atom stereocenters. The first kappa shape index (κ1) is 18.7. The molecule has 7 nitrogen and oxygen atoms in total. The van der Waals surface area contributed by atoms with E-state index in [1.54, 1.807) is 18.2 Å². The van der Waals surface area contributed by atoms with Crippen LogP contribution in [0, 0.1) is 6.92 Å². The summed E-state index contributed by atoms with van der Waals surface area (Å²) in [6.07, 6.45) is 1.33. The van der Waals surface area contributed by atoms with Gasteiger partial charge in [0.1, 0.15) is 0 Å². The number of thioether (sulfide) groups is 1. The minimum Gasteiger partial charge on any atom is -0.325 e. The highest BCUT2D eigenvalue weighted by Crippen LogP contribution is 2.15. The lowest BCUT2D eigenvalue weighted by molar-refractivity contribution is -0.114. The van der Waals surface area contributed by atoms with E-state index in [0.717, 1.165) is 11.3 Å². The molecule has 0 spiro atoms. The van der Waals surface area contributed by atoms with E-state index in [1.807, 2.05) is 31.2 Å². The van der Waals surface area contributed by atoms with E-state index >= 15 is 0 Å². The van der Waals surface area contributed by atoms with Crippen molar-refractivity contribution in [2.45, 2.75) is 6.92 Å². The predicted octanol–water partition coefficient (Wildman–Crippen LogP) is 2.54. The van der Waals surface area contributed by atoms with E-state index in [2.05, 4.69) is 20.6 Å². The number of nitrogens with one attached hydrogen (secondary N) is 3. The minimum absolute atomic E-state index is 0.128. The number of fused-ring (bicyclic) bond motifs is 1. The summed E-state index contributed by atoms with van der Waals surface area (Å²) in [7, 11) is 0. The largest absolute Gasteiger partial charge is 0.325 e. The zero-order valence-corrected chi connectivity index (χ0v) is 15.4. The van der Waals surface area contributed by atoms with Crippen LogP contribution in [-0.4, -0.2) is 33.3 Å². The first-order valence-electron chi connectivity index (χ1n) is 8.23. The molecule has 0 aliphatic carbocycles. The van der Waals surface area contributed by atoms with Crippen molar-refractivity contribution in [1.29, 1.82) is 0 Å². The van der Waals surface area contributed by atoms with Gasteiger partial charge in [0.05, 0.1) is 28.7 Å². The molecule has 0 bridgehead atoms. The molecule has 0 fully saturated rings. The molecule has 0 aliphatic heterocycles. The number of carbonyl (C=O) groups is 2. The third kappa shape index (κ3) is 5.18. The fraction of sp³-hybridized carbons (Fsp3) is 0.158. The first-order chi connectivity index (χ1) is 13.0. The van der Waals surface area contributed by atoms with Crippen molar-refractivity contribution < 1.29 is 9.59 Å². The summed E-state index contributed by atoms with van der Waals surface area (Å²) in [6.45, 7) is 1.97. The lowest BCUT2D eigenvalue weighted by atomic mass is 10.2. The fourth-order valence-electron chi connectivity index (χ4n) is 2.41. The van der Waals surface area contributed by atoms with Crippen molar-refractivity contribution in [2.75, 3.05) is 22.1 Å². The summed E-state index contributed by atoms with van der Waals surface area (Å²) >= 11 is 1.21. The first-order valence-corrected chi connectivity index (χ1v) is 9.38. The van der Waals surface area contributed by atoms with E-state index in [1.165, 1.54) is 18.1 Å². The smallest absolute Gasteiger partial charge is 0.258 e. The van der Waals surface area contributed by atoms with Gasteiger partial charge in [-0.15, -0.1) is 11.8 Å². The average molecular weight is 382 g/mol. The number of aromatic nitrogens is 2. The maximum atomic E-state index is 12.0. The zero-order chi connectivity index (χ0) is 19.2. The number of hydrogen-bond donors (Lipinski definition) is 3. The number of amides is 2.